The first-order valence-corrected chi connectivity index (χ1v) is 6.67. The van der Waals surface area contributed by atoms with E-state index in [0.29, 0.717) is 12.0 Å². The van der Waals surface area contributed by atoms with Crippen molar-refractivity contribution in [1.82, 2.24) is 19.6 Å². The van der Waals surface area contributed by atoms with Crippen molar-refractivity contribution < 1.29 is 0 Å². The lowest BCUT2D eigenvalue weighted by atomic mass is 10.1. The highest BCUT2D eigenvalue weighted by atomic mass is 15.3. The molecule has 3 rings (SSSR count). The van der Waals surface area contributed by atoms with Crippen molar-refractivity contribution in [3.63, 3.8) is 0 Å². The van der Waals surface area contributed by atoms with Crippen LogP contribution in [0.5, 0.6) is 0 Å². The third kappa shape index (κ3) is 2.22. The molecule has 0 aromatic carbocycles. The average molecular weight is 267 g/mol. The minimum atomic E-state index is 0.307. The van der Waals surface area contributed by atoms with Crippen LogP contribution in [-0.2, 0) is 0 Å². The van der Waals surface area contributed by atoms with Gasteiger partial charge in [0, 0.05) is 35.3 Å². The number of rotatable bonds is 3. The van der Waals surface area contributed by atoms with Crippen LogP contribution in [0.4, 0.5) is 5.95 Å². The van der Waals surface area contributed by atoms with E-state index in [0.717, 1.165) is 22.3 Å². The van der Waals surface area contributed by atoms with Crippen molar-refractivity contribution in [3.05, 3.63) is 42.5 Å². The summed E-state index contributed by atoms with van der Waals surface area (Å²) in [4.78, 5) is 8.55. The Morgan fingerprint density at radius 3 is 2.80 bits per heavy atom. The van der Waals surface area contributed by atoms with Gasteiger partial charge in [-0.05, 0) is 32.9 Å². The Bertz CT molecular complexity index is 731. The number of pyridine rings is 1. The fourth-order valence-electron chi connectivity index (χ4n) is 2.23. The molecule has 3 heterocycles. The number of nitrogens with one attached hydrogen (secondary N) is 1. The minimum Gasteiger partial charge on any atom is -0.351 e. The van der Waals surface area contributed by atoms with Gasteiger partial charge in [-0.15, -0.1) is 5.10 Å². The molecule has 0 aliphatic carbocycles. The summed E-state index contributed by atoms with van der Waals surface area (Å²) in [7, 11) is 0. The Morgan fingerprint density at radius 2 is 2.10 bits per heavy atom. The molecule has 0 radical (unpaired) electrons. The van der Waals surface area contributed by atoms with Crippen LogP contribution >= 0.6 is 0 Å². The van der Waals surface area contributed by atoms with Gasteiger partial charge < -0.3 is 5.32 Å². The number of anilines is 1. The first kappa shape index (κ1) is 12.6. The lowest BCUT2D eigenvalue weighted by molar-refractivity contribution is 0.822. The van der Waals surface area contributed by atoms with Gasteiger partial charge in [0.1, 0.15) is 0 Å². The molecule has 5 nitrogen and oxygen atoms in total. The van der Waals surface area contributed by atoms with Crippen molar-refractivity contribution in [2.75, 3.05) is 5.32 Å². The number of hydrogen-bond acceptors (Lipinski definition) is 4. The summed E-state index contributed by atoms with van der Waals surface area (Å²) < 4.78 is 1.92. The van der Waals surface area contributed by atoms with Crippen molar-refractivity contribution >= 4 is 11.5 Å². The molecule has 0 saturated carbocycles. The Hall–Kier alpha value is -2.43. The normalized spacial score (nSPS) is 11.2. The molecule has 20 heavy (non-hydrogen) atoms. The summed E-state index contributed by atoms with van der Waals surface area (Å²) in [6, 6.07) is 6.40. The molecule has 0 amide bonds. The Balaban J connectivity index is 2.13. The zero-order valence-corrected chi connectivity index (χ0v) is 11.8. The molecule has 0 atom stereocenters. The zero-order valence-electron chi connectivity index (χ0n) is 11.8. The van der Waals surface area contributed by atoms with E-state index >= 15 is 0 Å². The molecule has 5 heteroatoms. The maximum absolute atomic E-state index is 4.54. The van der Waals surface area contributed by atoms with E-state index < -0.39 is 0 Å². The highest BCUT2D eigenvalue weighted by Crippen LogP contribution is 2.26. The van der Waals surface area contributed by atoms with E-state index in [9.17, 15) is 0 Å². The second kappa shape index (κ2) is 4.92. The Labute approximate surface area is 117 Å². The van der Waals surface area contributed by atoms with Crippen LogP contribution in [0.25, 0.3) is 16.6 Å². The van der Waals surface area contributed by atoms with E-state index in [1.807, 2.05) is 36.0 Å². The maximum atomic E-state index is 4.54. The fraction of sp³-hybridized carbons (Fsp3) is 0.267. The van der Waals surface area contributed by atoms with Crippen LogP contribution in [0.15, 0.2) is 36.8 Å². The van der Waals surface area contributed by atoms with Crippen molar-refractivity contribution in [3.8, 4) is 11.1 Å². The number of fused-ring (bicyclic) bond motifs is 1. The molecule has 3 aromatic rings. The third-order valence-corrected chi connectivity index (χ3v) is 3.09. The molecule has 0 saturated heterocycles. The third-order valence-electron chi connectivity index (χ3n) is 3.09. The van der Waals surface area contributed by atoms with Gasteiger partial charge in [0.15, 0.2) is 0 Å². The van der Waals surface area contributed by atoms with E-state index in [1.54, 1.807) is 6.20 Å². The summed E-state index contributed by atoms with van der Waals surface area (Å²) in [5.41, 5.74) is 4.25. The molecule has 0 unspecified atom stereocenters. The lowest BCUT2D eigenvalue weighted by Gasteiger charge is -2.08. The molecule has 1 N–H and O–H groups in total. The summed E-state index contributed by atoms with van der Waals surface area (Å²) in [5, 5.41) is 7.75. The number of hydrogen-bond donors (Lipinski definition) is 1. The largest absolute Gasteiger partial charge is 0.351 e. The average Bonchev–Trinajstić information content (AvgIpc) is 2.76. The number of aryl methyl sites for hydroxylation is 1. The lowest BCUT2D eigenvalue weighted by Crippen LogP contribution is -2.14. The monoisotopic (exact) mass is 267 g/mol. The first-order chi connectivity index (χ1) is 9.65. The zero-order chi connectivity index (χ0) is 14.1. The van der Waals surface area contributed by atoms with E-state index in [1.165, 1.54) is 0 Å². The highest BCUT2D eigenvalue weighted by Gasteiger charge is 2.11. The summed E-state index contributed by atoms with van der Waals surface area (Å²) >= 11 is 0. The topological polar surface area (TPSA) is 55.1 Å². The van der Waals surface area contributed by atoms with Gasteiger partial charge >= 0.3 is 0 Å². The van der Waals surface area contributed by atoms with E-state index in [4.69, 9.17) is 0 Å². The van der Waals surface area contributed by atoms with Gasteiger partial charge in [0.25, 0.3) is 0 Å². The smallest absolute Gasteiger partial charge is 0.241 e. The molecular weight excluding hydrogens is 250 g/mol. The Kier molecular flexibility index (Phi) is 3.10. The first-order valence-electron chi connectivity index (χ1n) is 6.67. The second-order valence-corrected chi connectivity index (χ2v) is 5.12. The van der Waals surface area contributed by atoms with Gasteiger partial charge in [0.2, 0.25) is 5.95 Å². The maximum Gasteiger partial charge on any atom is 0.241 e. The molecule has 0 bridgehead atoms. The van der Waals surface area contributed by atoms with Gasteiger partial charge in [-0.25, -0.2) is 9.50 Å². The Morgan fingerprint density at radius 1 is 1.25 bits per heavy atom. The molecular formula is C15H17N5. The molecule has 3 aromatic heterocycles. The molecule has 0 aliphatic heterocycles. The summed E-state index contributed by atoms with van der Waals surface area (Å²) in [6.45, 7) is 6.17. The van der Waals surface area contributed by atoms with Gasteiger partial charge in [-0.1, -0.05) is 6.07 Å². The van der Waals surface area contributed by atoms with Crippen LogP contribution in [0.2, 0.25) is 0 Å². The van der Waals surface area contributed by atoms with Crippen LogP contribution in [0.1, 0.15) is 19.5 Å². The second-order valence-electron chi connectivity index (χ2n) is 5.12. The predicted octanol–water partition coefficient (Wildman–Crippen LogP) is 2.92. The number of nitrogens with zero attached hydrogens (tertiary/aromatic N) is 4. The minimum absolute atomic E-state index is 0.307. The van der Waals surface area contributed by atoms with Gasteiger partial charge in [-0.2, -0.15) is 0 Å². The number of aromatic nitrogens is 4. The molecule has 0 aliphatic rings. The van der Waals surface area contributed by atoms with Crippen LogP contribution in [-0.4, -0.2) is 25.6 Å². The fourth-order valence-corrected chi connectivity index (χ4v) is 2.23. The van der Waals surface area contributed by atoms with Crippen molar-refractivity contribution in [2.45, 2.75) is 26.8 Å². The molecule has 102 valence electrons. The summed E-state index contributed by atoms with van der Waals surface area (Å²) in [5.74, 6) is 0.643. The van der Waals surface area contributed by atoms with Crippen molar-refractivity contribution in [2.24, 2.45) is 0 Å². The highest BCUT2D eigenvalue weighted by molar-refractivity contribution is 5.80. The summed E-state index contributed by atoms with van der Waals surface area (Å²) in [6.07, 6.45) is 5.48. The van der Waals surface area contributed by atoms with E-state index in [2.05, 4.69) is 40.3 Å². The standard InChI is InChI=1S/C15H17N5/c1-10(2)18-15-17-9-14-13(7-11(3)20(14)19-15)12-5-4-6-16-8-12/h4-10H,1-3H3,(H,18,19). The van der Waals surface area contributed by atoms with Crippen molar-refractivity contribution in [1.29, 1.82) is 0 Å². The van der Waals surface area contributed by atoms with Gasteiger partial charge in [-0.3, -0.25) is 4.98 Å². The molecule has 0 spiro atoms. The quantitative estimate of drug-likeness (QED) is 0.792. The SMILES string of the molecule is Cc1cc(-c2cccnc2)c2cnc(NC(C)C)nn12. The predicted molar refractivity (Wildman–Crippen MR) is 79.7 cm³/mol. The molecule has 0 fully saturated rings. The van der Waals surface area contributed by atoms with E-state index in [-0.39, 0.29) is 0 Å². The van der Waals surface area contributed by atoms with Gasteiger partial charge in [0.05, 0.1) is 11.7 Å². The van der Waals surface area contributed by atoms with Crippen LogP contribution in [0.3, 0.4) is 0 Å². The van der Waals surface area contributed by atoms with Crippen LogP contribution < -0.4 is 5.32 Å². The van der Waals surface area contributed by atoms with Crippen LogP contribution in [0, 0.1) is 6.92 Å².